The molecule has 3 heteroatoms. The number of anilines is 1. The van der Waals surface area contributed by atoms with Crippen LogP contribution < -0.4 is 5.32 Å². The number of hydrogen-bond acceptors (Lipinski definition) is 3. The second-order valence-corrected chi connectivity index (χ2v) is 4.99. The van der Waals surface area contributed by atoms with Gasteiger partial charge in [0.05, 0.1) is 5.69 Å². The SMILES string of the molecule is Cc1ccc(N/C=C2/CCC[C@H](C)C2=O)c(O)c1. The summed E-state index contributed by atoms with van der Waals surface area (Å²) < 4.78 is 0. The van der Waals surface area contributed by atoms with Gasteiger partial charge in [-0.3, -0.25) is 4.79 Å². The van der Waals surface area contributed by atoms with Gasteiger partial charge < -0.3 is 10.4 Å². The van der Waals surface area contributed by atoms with Gasteiger partial charge >= 0.3 is 0 Å². The summed E-state index contributed by atoms with van der Waals surface area (Å²) in [6, 6.07) is 5.44. The maximum absolute atomic E-state index is 11.9. The van der Waals surface area contributed by atoms with Crippen molar-refractivity contribution in [3.8, 4) is 5.75 Å². The van der Waals surface area contributed by atoms with Gasteiger partial charge in [-0.1, -0.05) is 13.0 Å². The van der Waals surface area contributed by atoms with Crippen LogP contribution in [0.25, 0.3) is 0 Å². The highest BCUT2D eigenvalue weighted by molar-refractivity contribution is 5.97. The Morgan fingerprint density at radius 1 is 1.44 bits per heavy atom. The van der Waals surface area contributed by atoms with E-state index in [1.54, 1.807) is 12.3 Å². The van der Waals surface area contributed by atoms with Crippen LogP contribution >= 0.6 is 0 Å². The van der Waals surface area contributed by atoms with Crippen LogP contribution in [0.1, 0.15) is 31.7 Å². The van der Waals surface area contributed by atoms with E-state index in [1.807, 2.05) is 26.0 Å². The minimum atomic E-state index is 0.124. The first-order valence-electron chi connectivity index (χ1n) is 6.37. The first-order valence-corrected chi connectivity index (χ1v) is 6.37. The van der Waals surface area contributed by atoms with Crippen LogP contribution in [0.15, 0.2) is 30.0 Å². The highest BCUT2D eigenvalue weighted by Gasteiger charge is 2.22. The first-order chi connectivity index (χ1) is 8.58. The number of carbonyl (C=O) groups excluding carboxylic acids is 1. The van der Waals surface area contributed by atoms with Gasteiger partial charge in [-0.25, -0.2) is 0 Å². The second-order valence-electron chi connectivity index (χ2n) is 4.99. The van der Waals surface area contributed by atoms with Crippen LogP contribution in [-0.4, -0.2) is 10.9 Å². The van der Waals surface area contributed by atoms with Gasteiger partial charge in [0.2, 0.25) is 0 Å². The molecule has 0 saturated heterocycles. The number of nitrogens with one attached hydrogen (secondary N) is 1. The van der Waals surface area contributed by atoms with Gasteiger partial charge in [-0.05, 0) is 43.9 Å². The van der Waals surface area contributed by atoms with Crippen molar-refractivity contribution in [3.05, 3.63) is 35.5 Å². The quantitative estimate of drug-likeness (QED) is 0.620. The Morgan fingerprint density at radius 3 is 2.94 bits per heavy atom. The molecule has 96 valence electrons. The average molecular weight is 245 g/mol. The highest BCUT2D eigenvalue weighted by atomic mass is 16.3. The molecule has 0 heterocycles. The molecule has 1 aromatic carbocycles. The lowest BCUT2D eigenvalue weighted by atomic mass is 9.86. The molecule has 18 heavy (non-hydrogen) atoms. The number of phenolic OH excluding ortho intramolecular Hbond substituents is 1. The molecule has 1 atom stereocenters. The molecule has 1 aliphatic rings. The summed E-state index contributed by atoms with van der Waals surface area (Å²) in [6.45, 7) is 3.90. The molecule has 0 aliphatic heterocycles. The number of hydrogen-bond donors (Lipinski definition) is 2. The van der Waals surface area contributed by atoms with E-state index < -0.39 is 0 Å². The molecule has 2 rings (SSSR count). The monoisotopic (exact) mass is 245 g/mol. The van der Waals surface area contributed by atoms with E-state index >= 15 is 0 Å². The van der Waals surface area contributed by atoms with E-state index in [0.717, 1.165) is 30.4 Å². The Labute approximate surface area is 108 Å². The van der Waals surface area contributed by atoms with Crippen molar-refractivity contribution in [1.82, 2.24) is 0 Å². The minimum Gasteiger partial charge on any atom is -0.506 e. The van der Waals surface area contributed by atoms with Crippen LogP contribution in [0.5, 0.6) is 5.75 Å². The maximum Gasteiger partial charge on any atom is 0.163 e. The zero-order valence-electron chi connectivity index (χ0n) is 10.9. The predicted molar refractivity (Wildman–Crippen MR) is 72.6 cm³/mol. The van der Waals surface area contributed by atoms with Crippen LogP contribution in [0, 0.1) is 12.8 Å². The summed E-state index contributed by atoms with van der Waals surface area (Å²) in [4.78, 5) is 11.9. The van der Waals surface area contributed by atoms with Gasteiger partial charge in [0.1, 0.15) is 5.75 Å². The number of carbonyl (C=O) groups is 1. The molecule has 0 unspecified atom stereocenters. The fraction of sp³-hybridized carbons (Fsp3) is 0.400. The Morgan fingerprint density at radius 2 is 2.22 bits per heavy atom. The standard InChI is InChI=1S/C15H19NO2/c1-10-6-7-13(14(17)8-10)16-9-12-5-3-4-11(2)15(12)18/h6-9,11,16-17H,3-5H2,1-2H3/b12-9-/t11-/m0/s1. The molecule has 0 amide bonds. The Bertz CT molecular complexity index is 491. The number of allylic oxidation sites excluding steroid dienone is 1. The minimum absolute atomic E-state index is 0.124. The van der Waals surface area contributed by atoms with Gasteiger partial charge in [0.25, 0.3) is 0 Å². The highest BCUT2D eigenvalue weighted by Crippen LogP contribution is 2.27. The Balaban J connectivity index is 2.12. The van der Waals surface area contributed by atoms with Crippen molar-refractivity contribution < 1.29 is 9.90 Å². The van der Waals surface area contributed by atoms with E-state index in [-0.39, 0.29) is 17.5 Å². The van der Waals surface area contributed by atoms with Crippen molar-refractivity contribution in [2.45, 2.75) is 33.1 Å². The second kappa shape index (κ2) is 5.25. The van der Waals surface area contributed by atoms with E-state index in [4.69, 9.17) is 0 Å². The lowest BCUT2D eigenvalue weighted by Crippen LogP contribution is -2.19. The zero-order valence-corrected chi connectivity index (χ0v) is 10.9. The van der Waals surface area contributed by atoms with E-state index in [9.17, 15) is 9.90 Å². The maximum atomic E-state index is 11.9. The molecule has 0 spiro atoms. The third kappa shape index (κ3) is 2.73. The number of phenols is 1. The smallest absolute Gasteiger partial charge is 0.163 e. The number of benzene rings is 1. The predicted octanol–water partition coefficient (Wildman–Crippen LogP) is 3.39. The molecular weight excluding hydrogens is 226 g/mol. The van der Waals surface area contributed by atoms with Crippen molar-refractivity contribution in [2.24, 2.45) is 5.92 Å². The molecule has 0 bridgehead atoms. The number of ketones is 1. The summed E-state index contributed by atoms with van der Waals surface area (Å²) in [7, 11) is 0. The third-order valence-electron chi connectivity index (χ3n) is 3.40. The van der Waals surface area contributed by atoms with Crippen LogP contribution in [-0.2, 0) is 4.79 Å². The number of rotatable bonds is 2. The molecular formula is C15H19NO2. The summed E-state index contributed by atoms with van der Waals surface area (Å²) in [5.74, 6) is 0.557. The molecule has 1 aromatic rings. The molecule has 3 nitrogen and oxygen atoms in total. The van der Waals surface area contributed by atoms with Gasteiger partial charge in [-0.15, -0.1) is 0 Å². The fourth-order valence-corrected chi connectivity index (χ4v) is 2.24. The Kier molecular flexibility index (Phi) is 3.70. The molecule has 0 aromatic heterocycles. The van der Waals surface area contributed by atoms with Crippen molar-refractivity contribution in [2.75, 3.05) is 5.32 Å². The molecule has 1 aliphatic carbocycles. The molecule has 0 radical (unpaired) electrons. The van der Waals surface area contributed by atoms with Crippen molar-refractivity contribution >= 4 is 11.5 Å². The molecule has 1 saturated carbocycles. The normalized spacial score (nSPS) is 22.2. The van der Waals surface area contributed by atoms with Crippen molar-refractivity contribution in [1.29, 1.82) is 0 Å². The summed E-state index contributed by atoms with van der Waals surface area (Å²) in [5, 5.41) is 12.8. The molecule has 2 N–H and O–H groups in total. The number of aryl methyl sites for hydroxylation is 1. The van der Waals surface area contributed by atoms with Crippen LogP contribution in [0.3, 0.4) is 0 Å². The number of aromatic hydroxyl groups is 1. The largest absolute Gasteiger partial charge is 0.506 e. The van der Waals surface area contributed by atoms with Gasteiger partial charge in [-0.2, -0.15) is 0 Å². The molecule has 1 fully saturated rings. The first kappa shape index (κ1) is 12.7. The van der Waals surface area contributed by atoms with Gasteiger partial charge in [0.15, 0.2) is 5.78 Å². The fourth-order valence-electron chi connectivity index (χ4n) is 2.24. The van der Waals surface area contributed by atoms with Crippen LogP contribution in [0.4, 0.5) is 5.69 Å². The van der Waals surface area contributed by atoms with Gasteiger partial charge in [0, 0.05) is 17.7 Å². The summed E-state index contributed by atoms with van der Waals surface area (Å²) >= 11 is 0. The zero-order chi connectivity index (χ0) is 13.1. The average Bonchev–Trinajstić information content (AvgIpc) is 2.33. The number of Topliss-reactive ketones (excluding diaryl/α,β-unsaturated/α-hetero) is 1. The van der Waals surface area contributed by atoms with Crippen molar-refractivity contribution in [3.63, 3.8) is 0 Å². The van der Waals surface area contributed by atoms with E-state index in [1.165, 1.54) is 0 Å². The summed E-state index contributed by atoms with van der Waals surface area (Å²) in [6.07, 6.45) is 4.59. The topological polar surface area (TPSA) is 49.3 Å². The van der Waals surface area contributed by atoms with E-state index in [0.29, 0.717) is 5.69 Å². The lowest BCUT2D eigenvalue weighted by Gasteiger charge is -2.19. The van der Waals surface area contributed by atoms with Crippen LogP contribution in [0.2, 0.25) is 0 Å². The Hall–Kier alpha value is -1.77. The third-order valence-corrected chi connectivity index (χ3v) is 3.40. The summed E-state index contributed by atoms with van der Waals surface area (Å²) in [5.41, 5.74) is 2.47. The van der Waals surface area contributed by atoms with E-state index in [2.05, 4.69) is 5.32 Å². The lowest BCUT2D eigenvalue weighted by molar-refractivity contribution is -0.119.